The quantitative estimate of drug-likeness (QED) is 0.594. The lowest BCUT2D eigenvalue weighted by molar-refractivity contribution is -0.113. The number of nitrogens with one attached hydrogen (secondary N) is 2. The summed E-state index contributed by atoms with van der Waals surface area (Å²) in [6.07, 6.45) is 0. The van der Waals surface area contributed by atoms with Crippen molar-refractivity contribution < 1.29 is 9.53 Å². The molecular weight excluding hydrogens is 326 g/mol. The van der Waals surface area contributed by atoms with Gasteiger partial charge in [0.05, 0.1) is 18.1 Å². The van der Waals surface area contributed by atoms with Crippen molar-refractivity contribution in [3.8, 4) is 5.75 Å². The summed E-state index contributed by atoms with van der Waals surface area (Å²) in [6, 6.07) is 8.66. The van der Waals surface area contributed by atoms with E-state index in [0.717, 1.165) is 5.75 Å². The van der Waals surface area contributed by atoms with Crippen LogP contribution in [0.1, 0.15) is 32.4 Å². The predicted molar refractivity (Wildman–Crippen MR) is 95.9 cm³/mol. The smallest absolute Gasteiger partial charge is 0.251 e. The van der Waals surface area contributed by atoms with Crippen LogP contribution in [0.5, 0.6) is 5.75 Å². The van der Waals surface area contributed by atoms with E-state index in [2.05, 4.69) is 15.3 Å². The molecule has 1 aromatic carbocycles. The van der Waals surface area contributed by atoms with E-state index < -0.39 is 0 Å². The highest BCUT2D eigenvalue weighted by Gasteiger charge is 2.09. The topological polar surface area (TPSA) is 84.1 Å². The number of hydrogen-bond donors (Lipinski definition) is 2. The normalized spacial score (nSPS) is 10.7. The summed E-state index contributed by atoms with van der Waals surface area (Å²) in [5.74, 6) is 0.917. The molecule has 1 aromatic heterocycles. The summed E-state index contributed by atoms with van der Waals surface area (Å²) < 4.78 is 5.35. The van der Waals surface area contributed by atoms with Gasteiger partial charge in [-0.25, -0.2) is 4.98 Å². The third kappa shape index (κ3) is 5.42. The Labute approximate surface area is 145 Å². The van der Waals surface area contributed by atoms with Crippen molar-refractivity contribution in [2.24, 2.45) is 0 Å². The van der Waals surface area contributed by atoms with E-state index in [1.165, 1.54) is 17.8 Å². The van der Waals surface area contributed by atoms with Crippen LogP contribution < -0.4 is 15.6 Å². The number of thioether (sulfide) groups is 1. The van der Waals surface area contributed by atoms with E-state index in [1.807, 2.05) is 20.8 Å². The van der Waals surface area contributed by atoms with Gasteiger partial charge in [0, 0.05) is 11.8 Å². The van der Waals surface area contributed by atoms with Gasteiger partial charge < -0.3 is 15.0 Å². The van der Waals surface area contributed by atoms with Crippen LogP contribution in [0.4, 0.5) is 5.69 Å². The van der Waals surface area contributed by atoms with Crippen molar-refractivity contribution in [3.63, 3.8) is 0 Å². The number of aromatic amines is 1. The molecule has 128 valence electrons. The Hall–Kier alpha value is -2.28. The maximum Gasteiger partial charge on any atom is 0.251 e. The Morgan fingerprint density at radius 3 is 2.67 bits per heavy atom. The lowest BCUT2D eigenvalue weighted by Gasteiger charge is -2.08. The Morgan fingerprint density at radius 1 is 1.33 bits per heavy atom. The fourth-order valence-electron chi connectivity index (χ4n) is 1.95. The molecule has 0 unspecified atom stereocenters. The van der Waals surface area contributed by atoms with Gasteiger partial charge in [-0.05, 0) is 37.1 Å². The number of hydrogen-bond acceptors (Lipinski definition) is 5. The number of H-pyrrole nitrogens is 1. The first kappa shape index (κ1) is 18.1. The van der Waals surface area contributed by atoms with Crippen LogP contribution in [0.25, 0.3) is 0 Å². The summed E-state index contributed by atoms with van der Waals surface area (Å²) in [5.41, 5.74) is 1.21. The standard InChI is InChI=1S/C17H21N3O3S/c1-4-23-13-7-5-12(6-8-13)18-16(22)10-24-17-19-14(11(2)3)9-15(21)20-17/h5-9,11H,4,10H2,1-3H3,(H,18,22)(H,19,20,21). The minimum atomic E-state index is -0.205. The number of benzene rings is 1. The van der Waals surface area contributed by atoms with E-state index in [-0.39, 0.29) is 23.1 Å². The molecule has 24 heavy (non-hydrogen) atoms. The second-order valence-electron chi connectivity index (χ2n) is 5.42. The van der Waals surface area contributed by atoms with Crippen LogP contribution in [0.15, 0.2) is 40.3 Å². The molecule has 2 N–H and O–H groups in total. The highest BCUT2D eigenvalue weighted by Crippen LogP contribution is 2.18. The zero-order valence-corrected chi connectivity index (χ0v) is 14.8. The number of carbonyl (C=O) groups excluding carboxylic acids is 1. The zero-order chi connectivity index (χ0) is 17.5. The van der Waals surface area contributed by atoms with Crippen LogP contribution in [-0.2, 0) is 4.79 Å². The maximum atomic E-state index is 12.0. The minimum Gasteiger partial charge on any atom is -0.494 e. The second kappa shape index (κ2) is 8.54. The van der Waals surface area contributed by atoms with Gasteiger partial charge in [-0.15, -0.1) is 0 Å². The van der Waals surface area contributed by atoms with E-state index >= 15 is 0 Å². The Balaban J connectivity index is 1.92. The molecule has 0 fully saturated rings. The Morgan fingerprint density at radius 2 is 2.04 bits per heavy atom. The molecule has 2 aromatic rings. The van der Waals surface area contributed by atoms with Crippen molar-refractivity contribution in [2.45, 2.75) is 31.8 Å². The Kier molecular flexibility index (Phi) is 6.43. The molecule has 1 amide bonds. The minimum absolute atomic E-state index is 0.157. The molecule has 2 rings (SSSR count). The summed E-state index contributed by atoms with van der Waals surface area (Å²) in [5, 5.41) is 3.25. The number of aromatic nitrogens is 2. The first-order valence-electron chi connectivity index (χ1n) is 7.74. The van der Waals surface area contributed by atoms with Gasteiger partial charge in [0.1, 0.15) is 5.75 Å². The van der Waals surface area contributed by atoms with Gasteiger partial charge in [-0.1, -0.05) is 25.6 Å². The fraction of sp³-hybridized carbons (Fsp3) is 0.353. The van der Waals surface area contributed by atoms with Crippen LogP contribution in [0, 0.1) is 0 Å². The third-order valence-electron chi connectivity index (χ3n) is 3.12. The molecule has 0 radical (unpaired) electrons. The molecule has 0 saturated heterocycles. The van der Waals surface area contributed by atoms with Gasteiger partial charge >= 0.3 is 0 Å². The van der Waals surface area contributed by atoms with Crippen molar-refractivity contribution >= 4 is 23.4 Å². The maximum absolute atomic E-state index is 12.0. The molecule has 0 atom stereocenters. The van der Waals surface area contributed by atoms with E-state index in [0.29, 0.717) is 23.1 Å². The molecule has 0 aliphatic rings. The largest absolute Gasteiger partial charge is 0.494 e. The van der Waals surface area contributed by atoms with Gasteiger partial charge in [-0.3, -0.25) is 9.59 Å². The van der Waals surface area contributed by atoms with E-state index in [1.54, 1.807) is 24.3 Å². The van der Waals surface area contributed by atoms with Crippen molar-refractivity contribution in [1.29, 1.82) is 0 Å². The monoisotopic (exact) mass is 347 g/mol. The predicted octanol–water partition coefficient (Wildman–Crippen LogP) is 3.02. The van der Waals surface area contributed by atoms with Crippen LogP contribution in [0.2, 0.25) is 0 Å². The van der Waals surface area contributed by atoms with Crippen LogP contribution >= 0.6 is 11.8 Å². The van der Waals surface area contributed by atoms with Gasteiger partial charge in [0.2, 0.25) is 5.91 Å². The third-order valence-corrected chi connectivity index (χ3v) is 3.99. The molecule has 6 nitrogen and oxygen atoms in total. The molecule has 0 aliphatic carbocycles. The lowest BCUT2D eigenvalue weighted by Crippen LogP contribution is -2.16. The highest BCUT2D eigenvalue weighted by molar-refractivity contribution is 7.99. The van der Waals surface area contributed by atoms with E-state index in [9.17, 15) is 9.59 Å². The number of anilines is 1. The molecule has 1 heterocycles. The summed E-state index contributed by atoms with van der Waals surface area (Å²) >= 11 is 1.20. The van der Waals surface area contributed by atoms with Crippen molar-refractivity contribution in [1.82, 2.24) is 9.97 Å². The van der Waals surface area contributed by atoms with Crippen molar-refractivity contribution in [2.75, 3.05) is 17.7 Å². The van der Waals surface area contributed by atoms with Gasteiger partial charge in [0.25, 0.3) is 5.56 Å². The zero-order valence-electron chi connectivity index (χ0n) is 14.0. The molecule has 0 bridgehead atoms. The molecule has 7 heteroatoms. The fourth-order valence-corrected chi connectivity index (χ4v) is 2.63. The summed E-state index contributed by atoms with van der Waals surface area (Å²) in [6.45, 7) is 6.45. The van der Waals surface area contributed by atoms with Crippen LogP contribution in [-0.4, -0.2) is 28.2 Å². The molecular formula is C17H21N3O3S. The SMILES string of the molecule is CCOc1ccc(NC(=O)CSc2nc(C(C)C)cc(=O)[nH]2)cc1. The van der Waals surface area contributed by atoms with E-state index in [4.69, 9.17) is 4.74 Å². The summed E-state index contributed by atoms with van der Waals surface area (Å²) in [4.78, 5) is 30.6. The average molecular weight is 347 g/mol. The first-order chi connectivity index (χ1) is 11.5. The number of carbonyl (C=O) groups is 1. The van der Waals surface area contributed by atoms with Crippen LogP contribution in [0.3, 0.4) is 0 Å². The Bertz CT molecular complexity index is 741. The number of rotatable bonds is 7. The number of nitrogens with zero attached hydrogens (tertiary/aromatic N) is 1. The second-order valence-corrected chi connectivity index (χ2v) is 6.39. The van der Waals surface area contributed by atoms with Crippen molar-refractivity contribution in [3.05, 3.63) is 46.4 Å². The average Bonchev–Trinajstić information content (AvgIpc) is 2.54. The molecule has 0 spiro atoms. The summed E-state index contributed by atoms with van der Waals surface area (Å²) in [7, 11) is 0. The number of amides is 1. The number of ether oxygens (including phenoxy) is 1. The first-order valence-corrected chi connectivity index (χ1v) is 8.73. The molecule has 0 aliphatic heterocycles. The van der Waals surface area contributed by atoms with Gasteiger partial charge in [-0.2, -0.15) is 0 Å². The highest BCUT2D eigenvalue weighted by atomic mass is 32.2. The molecule has 0 saturated carbocycles. The lowest BCUT2D eigenvalue weighted by atomic mass is 10.1. The van der Waals surface area contributed by atoms with Gasteiger partial charge in [0.15, 0.2) is 5.16 Å².